The molecule has 0 aliphatic rings. The Morgan fingerprint density at radius 3 is 2.20 bits per heavy atom. The van der Waals surface area contributed by atoms with Crippen molar-refractivity contribution in [3.63, 3.8) is 0 Å². The van der Waals surface area contributed by atoms with Crippen LogP contribution in [0.15, 0.2) is 0 Å². The second-order valence-electron chi connectivity index (χ2n) is 0.963. The summed E-state index contributed by atoms with van der Waals surface area (Å²) in [6.45, 7) is 0.944. The van der Waals surface area contributed by atoms with Crippen LogP contribution in [0, 0.1) is 0 Å². The zero-order chi connectivity index (χ0) is 4.28. The van der Waals surface area contributed by atoms with Crippen molar-refractivity contribution >= 4 is 0 Å². The fraction of sp³-hybridized carbons (Fsp3) is 1.00. The lowest BCUT2D eigenvalue weighted by atomic mass is 10.5. The first-order valence-electron chi connectivity index (χ1n) is 1.52. The molecule has 0 rings (SSSR count). The average molecular weight is 78.1 g/mol. The Labute approximate surface area is 30.4 Å². The van der Waals surface area contributed by atoms with Gasteiger partial charge in [0.2, 0.25) is 0 Å². The molecule has 0 unspecified atom stereocenters. The first-order valence-corrected chi connectivity index (χ1v) is 1.52. The van der Waals surface area contributed by atoms with Gasteiger partial charge in [-0.25, -0.2) is 4.39 Å². The zero-order valence-corrected chi connectivity index (χ0v) is 3.11. The molecule has 5 heavy (non-hydrogen) atoms. The summed E-state index contributed by atoms with van der Waals surface area (Å²) in [7, 11) is 0. The Bertz CT molecular complexity index is 20.9. The Morgan fingerprint density at radius 2 is 2.20 bits per heavy atom. The van der Waals surface area contributed by atoms with Gasteiger partial charge in [-0.05, 0) is 6.92 Å². The van der Waals surface area contributed by atoms with Gasteiger partial charge >= 0.3 is 0 Å². The predicted molar refractivity (Wildman–Crippen MR) is 17.7 cm³/mol. The first-order chi connectivity index (χ1) is 2.27. The van der Waals surface area contributed by atoms with Gasteiger partial charge in [0, 0.05) is 0 Å². The van der Waals surface area contributed by atoms with Gasteiger partial charge in [-0.15, -0.1) is 0 Å². The fourth-order valence-electron chi connectivity index (χ4n) is 0. The minimum absolute atomic E-state index is 0.361. The van der Waals surface area contributed by atoms with Crippen molar-refractivity contribution in [2.45, 2.75) is 13.1 Å². The first kappa shape index (κ1) is 4.89. The van der Waals surface area contributed by atoms with Crippen LogP contribution in [0.4, 0.5) is 4.39 Å². The highest BCUT2D eigenvalue weighted by atomic mass is 19.1. The lowest BCUT2D eigenvalue weighted by molar-refractivity contribution is 0.191. The summed E-state index contributed by atoms with van der Waals surface area (Å²) in [4.78, 5) is 0. The van der Waals surface area contributed by atoms with Gasteiger partial charge in [0.15, 0.2) is 0 Å². The van der Waals surface area contributed by atoms with E-state index in [1.165, 1.54) is 6.92 Å². The van der Waals surface area contributed by atoms with Crippen LogP contribution in [0.2, 0.25) is 0 Å². The largest absolute Gasteiger partial charge is 0.393 e. The normalized spacial score (nSPS) is 15.0. The van der Waals surface area contributed by atoms with Crippen molar-refractivity contribution in [2.75, 3.05) is 6.61 Å². The van der Waals surface area contributed by atoms with E-state index in [9.17, 15) is 4.39 Å². The third kappa shape index (κ3) is 3.89. The minimum atomic E-state index is -1.06. The molecule has 0 amide bonds. The monoisotopic (exact) mass is 78.0 g/mol. The number of aliphatic hydroxyl groups excluding tert-OH is 1. The van der Waals surface area contributed by atoms with E-state index in [0.29, 0.717) is 0 Å². The van der Waals surface area contributed by atoms with E-state index in [1.807, 2.05) is 0 Å². The molecule has 0 aromatic heterocycles. The molecule has 0 saturated carbocycles. The van der Waals surface area contributed by atoms with Crippen molar-refractivity contribution in [2.24, 2.45) is 0 Å². The average Bonchev–Trinajstić information content (AvgIpc) is 1.38. The maximum absolute atomic E-state index is 11.2. The standard InChI is InChI=1S/C3H7FO/c1-3(4)2-5/h3,5H,2H2,1H3/t3-/m1/s1. The third-order valence-electron chi connectivity index (χ3n) is 0.252. The van der Waals surface area contributed by atoms with Gasteiger partial charge in [-0.2, -0.15) is 0 Å². The molecule has 0 aliphatic heterocycles. The summed E-state index contributed by atoms with van der Waals surface area (Å²) < 4.78 is 11.2. The quantitative estimate of drug-likeness (QED) is 0.479. The number of aliphatic hydroxyl groups is 1. The second-order valence-corrected chi connectivity index (χ2v) is 0.963. The molecule has 0 aliphatic carbocycles. The summed E-state index contributed by atoms with van der Waals surface area (Å²) in [6, 6.07) is 0. The van der Waals surface area contributed by atoms with E-state index in [-0.39, 0.29) is 6.61 Å². The number of hydrogen-bond acceptors (Lipinski definition) is 1. The summed E-state index contributed by atoms with van der Waals surface area (Å²) in [5.41, 5.74) is 0. The van der Waals surface area contributed by atoms with E-state index in [1.54, 1.807) is 0 Å². The number of hydrogen-bond donors (Lipinski definition) is 1. The van der Waals surface area contributed by atoms with Crippen molar-refractivity contribution in [3.05, 3.63) is 0 Å². The zero-order valence-electron chi connectivity index (χ0n) is 3.11. The molecule has 1 N–H and O–H groups in total. The Hall–Kier alpha value is -0.110. The highest BCUT2D eigenvalue weighted by molar-refractivity contribution is 4.35. The van der Waals surface area contributed by atoms with E-state index < -0.39 is 6.17 Å². The van der Waals surface area contributed by atoms with E-state index in [0.717, 1.165) is 0 Å². The molecule has 0 radical (unpaired) electrons. The molecule has 0 aromatic carbocycles. The van der Waals surface area contributed by atoms with Crippen LogP contribution in [-0.4, -0.2) is 17.9 Å². The molecule has 1 nitrogen and oxygen atoms in total. The van der Waals surface area contributed by atoms with Gasteiger partial charge in [-0.3, -0.25) is 0 Å². The lowest BCUT2D eigenvalue weighted by Crippen LogP contribution is -1.96. The molecule has 0 aromatic rings. The van der Waals surface area contributed by atoms with Gasteiger partial charge in [0.25, 0.3) is 0 Å². The molecule has 32 valence electrons. The van der Waals surface area contributed by atoms with Crippen LogP contribution in [0.1, 0.15) is 6.92 Å². The third-order valence-corrected chi connectivity index (χ3v) is 0.252. The van der Waals surface area contributed by atoms with Crippen molar-refractivity contribution in [1.29, 1.82) is 0 Å². The molecular formula is C3H7FO. The fourth-order valence-corrected chi connectivity index (χ4v) is 0. The summed E-state index contributed by atoms with van der Waals surface area (Å²) in [6.07, 6.45) is -1.06. The lowest BCUT2D eigenvalue weighted by Gasteiger charge is -1.85. The molecular weight excluding hydrogens is 71.0 g/mol. The van der Waals surface area contributed by atoms with E-state index in [4.69, 9.17) is 5.11 Å². The number of rotatable bonds is 1. The maximum atomic E-state index is 11.2. The molecule has 1 atom stereocenters. The van der Waals surface area contributed by atoms with Crippen molar-refractivity contribution < 1.29 is 9.50 Å². The SMILES string of the molecule is C[C@@H](F)CO. The van der Waals surface area contributed by atoms with Gasteiger partial charge < -0.3 is 5.11 Å². The van der Waals surface area contributed by atoms with Gasteiger partial charge in [0.05, 0.1) is 6.61 Å². The van der Waals surface area contributed by atoms with Crippen LogP contribution in [0.5, 0.6) is 0 Å². The van der Waals surface area contributed by atoms with Crippen LogP contribution < -0.4 is 0 Å². The topological polar surface area (TPSA) is 20.2 Å². The van der Waals surface area contributed by atoms with E-state index in [2.05, 4.69) is 0 Å². The smallest absolute Gasteiger partial charge is 0.120 e. The predicted octanol–water partition coefficient (Wildman–Crippen LogP) is 0.337. The van der Waals surface area contributed by atoms with Crippen LogP contribution in [0.3, 0.4) is 0 Å². The molecule has 2 heteroatoms. The van der Waals surface area contributed by atoms with Crippen LogP contribution in [-0.2, 0) is 0 Å². The van der Waals surface area contributed by atoms with Gasteiger partial charge in [-0.1, -0.05) is 0 Å². The number of halogens is 1. The molecule has 0 heterocycles. The Balaban J connectivity index is 2.54. The van der Waals surface area contributed by atoms with Crippen molar-refractivity contribution in [1.82, 2.24) is 0 Å². The molecule has 0 spiro atoms. The Kier molecular flexibility index (Phi) is 2.10. The maximum Gasteiger partial charge on any atom is 0.120 e. The summed E-state index contributed by atoms with van der Waals surface area (Å²) in [5.74, 6) is 0. The van der Waals surface area contributed by atoms with Crippen LogP contribution >= 0.6 is 0 Å². The molecule has 0 bridgehead atoms. The molecule has 0 fully saturated rings. The Morgan fingerprint density at radius 1 is 2.00 bits per heavy atom. The minimum Gasteiger partial charge on any atom is -0.393 e. The highest BCUT2D eigenvalue weighted by Crippen LogP contribution is 1.79. The summed E-state index contributed by atoms with van der Waals surface area (Å²) in [5, 5.41) is 7.77. The second kappa shape index (κ2) is 2.15. The van der Waals surface area contributed by atoms with Crippen LogP contribution in [0.25, 0.3) is 0 Å². The highest BCUT2D eigenvalue weighted by Gasteiger charge is 1.87. The molecule has 0 saturated heterocycles. The summed E-state index contributed by atoms with van der Waals surface area (Å²) >= 11 is 0. The van der Waals surface area contributed by atoms with Crippen molar-refractivity contribution in [3.8, 4) is 0 Å². The van der Waals surface area contributed by atoms with Gasteiger partial charge in [0.1, 0.15) is 6.17 Å². The van der Waals surface area contributed by atoms with E-state index >= 15 is 0 Å². The number of alkyl halides is 1.